The topological polar surface area (TPSA) is 169 Å². The predicted octanol–water partition coefficient (Wildman–Crippen LogP) is 10.1. The van der Waals surface area contributed by atoms with Crippen LogP contribution in [0.3, 0.4) is 0 Å². The molecule has 4 aromatic carbocycles. The quantitative estimate of drug-likeness (QED) is 0.0954. The molecule has 0 aliphatic carbocycles. The maximum Gasteiger partial charge on any atom is 0.356 e. The van der Waals surface area contributed by atoms with E-state index >= 15 is 0 Å². The van der Waals surface area contributed by atoms with Crippen molar-refractivity contribution in [3.8, 4) is 34.2 Å². The first-order valence-corrected chi connectivity index (χ1v) is 20.0. The van der Waals surface area contributed by atoms with Gasteiger partial charge in [-0.1, -0.05) is 103 Å². The standard InChI is InChI=1S/C20H18BrCl2N3O2.C16H9BrCl2N2O2.C4H11NO/c1-20(2,11-27)25-19(28)16-10-26(17-8-7-12(21)9-15(17)23)18(24-16)13-5-3-4-6-14(13)22;17-9-5-6-14(12(19)7-9)21-8-13(16(22)23)20-15(21)10-3-1-2-4-11(10)18;1-4(2,5)3-6/h3-10,27H,11H2,1-2H3,(H,25,28);1-8H,(H,22,23);6H,3,5H2,1-2H3. The van der Waals surface area contributed by atoms with Gasteiger partial charge in [0.1, 0.15) is 17.3 Å². The van der Waals surface area contributed by atoms with E-state index in [9.17, 15) is 19.8 Å². The zero-order valence-corrected chi connectivity index (χ0v) is 37.1. The van der Waals surface area contributed by atoms with Crippen molar-refractivity contribution in [1.82, 2.24) is 24.4 Å². The third-order valence-corrected chi connectivity index (χ3v) is 9.94. The number of carboxylic acid groups (broad SMARTS) is 1. The minimum absolute atomic E-state index is 0.0486. The third-order valence-electron chi connectivity index (χ3n) is 7.69. The molecule has 2 heterocycles. The van der Waals surface area contributed by atoms with Gasteiger partial charge in [-0.15, -0.1) is 0 Å². The van der Waals surface area contributed by atoms with Crippen molar-refractivity contribution in [3.63, 3.8) is 0 Å². The van der Waals surface area contributed by atoms with Crippen LogP contribution in [0.25, 0.3) is 34.2 Å². The number of aliphatic hydroxyl groups excluding tert-OH is 2. The van der Waals surface area contributed by atoms with Crippen LogP contribution in [-0.2, 0) is 0 Å². The van der Waals surface area contributed by atoms with Crippen molar-refractivity contribution in [3.05, 3.63) is 138 Å². The fourth-order valence-corrected chi connectivity index (χ4v) is 6.74. The number of imidazole rings is 2. The summed E-state index contributed by atoms with van der Waals surface area (Å²) < 4.78 is 5.02. The number of carbonyl (C=O) groups excluding carboxylic acids is 1. The fourth-order valence-electron chi connectivity index (χ4n) is 4.77. The van der Waals surface area contributed by atoms with Crippen LogP contribution in [-0.4, -0.2) is 70.6 Å². The van der Waals surface area contributed by atoms with E-state index in [0.717, 1.165) is 8.95 Å². The maximum atomic E-state index is 12.7. The number of hydrogen-bond donors (Lipinski definition) is 5. The molecule has 1 amide bonds. The van der Waals surface area contributed by atoms with Gasteiger partial charge in [0.2, 0.25) is 0 Å². The van der Waals surface area contributed by atoms with E-state index in [-0.39, 0.29) is 24.6 Å². The third kappa shape index (κ3) is 12.4. The lowest BCUT2D eigenvalue weighted by molar-refractivity contribution is 0.0690. The second-order valence-electron chi connectivity index (χ2n) is 13.7. The molecule has 0 spiro atoms. The Bertz CT molecular complexity index is 2380. The first-order chi connectivity index (χ1) is 26.7. The molecule has 0 radical (unpaired) electrons. The van der Waals surface area contributed by atoms with Crippen LogP contribution in [0.2, 0.25) is 20.1 Å². The Balaban J connectivity index is 0.000000224. The van der Waals surface area contributed by atoms with Gasteiger partial charge >= 0.3 is 5.97 Å². The van der Waals surface area contributed by atoms with E-state index in [2.05, 4.69) is 47.1 Å². The lowest BCUT2D eigenvalue weighted by Crippen LogP contribution is -2.46. The molecule has 0 aliphatic rings. The highest BCUT2D eigenvalue weighted by Crippen LogP contribution is 2.34. The summed E-state index contributed by atoms with van der Waals surface area (Å²) in [7, 11) is 0. The predicted molar refractivity (Wildman–Crippen MR) is 234 cm³/mol. The molecule has 2 aromatic heterocycles. The molecule has 0 bridgehead atoms. The number of carbonyl (C=O) groups is 2. The molecule has 0 saturated heterocycles. The second kappa shape index (κ2) is 19.8. The van der Waals surface area contributed by atoms with Gasteiger partial charge in [0.15, 0.2) is 5.69 Å². The summed E-state index contributed by atoms with van der Waals surface area (Å²) in [6, 6.07) is 25.1. The SMILES string of the molecule is CC(C)(CO)NC(=O)c1cn(-c2ccc(Br)cc2Cl)c(-c2ccccc2Cl)n1.CC(C)(N)CO.O=C(O)c1cn(-c2ccc(Br)cc2Cl)c(-c2ccccc2Cl)n1. The number of halogens is 6. The fraction of sp³-hybridized carbons (Fsp3) is 0.200. The Labute approximate surface area is 366 Å². The molecule has 0 aliphatic heterocycles. The smallest absolute Gasteiger partial charge is 0.356 e. The van der Waals surface area contributed by atoms with E-state index in [1.165, 1.54) is 6.20 Å². The largest absolute Gasteiger partial charge is 0.476 e. The van der Waals surface area contributed by atoms with Crippen molar-refractivity contribution in [1.29, 1.82) is 0 Å². The average Bonchev–Trinajstić information content (AvgIpc) is 3.78. The molecular weight excluding hydrogens is 946 g/mol. The van der Waals surface area contributed by atoms with E-state index < -0.39 is 23.0 Å². The van der Waals surface area contributed by atoms with Crippen LogP contribution in [0.15, 0.2) is 106 Å². The number of nitrogens with zero attached hydrogens (tertiary/aromatic N) is 4. The molecule has 11 nitrogen and oxygen atoms in total. The molecule has 6 rings (SSSR count). The van der Waals surface area contributed by atoms with Gasteiger partial charge in [-0.2, -0.15) is 0 Å². The van der Waals surface area contributed by atoms with Gasteiger partial charge in [-0.3, -0.25) is 13.9 Å². The van der Waals surface area contributed by atoms with E-state index in [1.54, 1.807) is 85.5 Å². The highest BCUT2D eigenvalue weighted by atomic mass is 79.9. The number of carboxylic acids is 1. The van der Waals surface area contributed by atoms with Crippen LogP contribution in [0.4, 0.5) is 0 Å². The van der Waals surface area contributed by atoms with Gasteiger partial charge in [-0.25, -0.2) is 14.8 Å². The Kier molecular flexibility index (Phi) is 16.0. The van der Waals surface area contributed by atoms with Crippen LogP contribution in [0, 0.1) is 0 Å². The lowest BCUT2D eigenvalue weighted by Gasteiger charge is -2.22. The van der Waals surface area contributed by atoms with Crippen molar-refractivity contribution < 1.29 is 24.9 Å². The number of rotatable bonds is 9. The van der Waals surface area contributed by atoms with E-state index in [4.69, 9.17) is 57.2 Å². The number of nitrogens with two attached hydrogens (primary N) is 1. The van der Waals surface area contributed by atoms with Crippen LogP contribution in [0.5, 0.6) is 0 Å². The summed E-state index contributed by atoms with van der Waals surface area (Å²) in [5, 5.41) is 31.6. The molecule has 0 unspecified atom stereocenters. The molecule has 6 aromatic rings. The highest BCUT2D eigenvalue weighted by Gasteiger charge is 2.25. The molecule has 0 saturated carbocycles. The molecule has 300 valence electrons. The van der Waals surface area contributed by atoms with Crippen molar-refractivity contribution >= 4 is 90.1 Å². The summed E-state index contributed by atoms with van der Waals surface area (Å²) in [4.78, 5) is 32.7. The molecule has 57 heavy (non-hydrogen) atoms. The van der Waals surface area contributed by atoms with Crippen molar-refractivity contribution in [2.24, 2.45) is 5.73 Å². The molecule has 6 N–H and O–H groups in total. The van der Waals surface area contributed by atoms with Gasteiger partial charge in [0.25, 0.3) is 5.91 Å². The number of aliphatic hydroxyl groups is 2. The maximum absolute atomic E-state index is 12.7. The molecule has 0 fully saturated rings. The number of benzene rings is 4. The summed E-state index contributed by atoms with van der Waals surface area (Å²) in [6.45, 7) is 6.84. The molecular formula is C40H38Br2Cl4N6O5. The first-order valence-electron chi connectivity index (χ1n) is 16.9. The van der Waals surface area contributed by atoms with Crippen LogP contribution in [0.1, 0.15) is 48.7 Å². The summed E-state index contributed by atoms with van der Waals surface area (Å²) >= 11 is 32.1. The number of aromatic carboxylic acids is 1. The summed E-state index contributed by atoms with van der Waals surface area (Å²) in [5.74, 6) is -0.622. The zero-order valence-electron chi connectivity index (χ0n) is 30.9. The van der Waals surface area contributed by atoms with Gasteiger partial charge in [0, 0.05) is 38.0 Å². The number of amides is 1. The summed E-state index contributed by atoms with van der Waals surface area (Å²) in [5.41, 5.74) is 6.78. The van der Waals surface area contributed by atoms with Crippen LogP contribution < -0.4 is 11.1 Å². The van der Waals surface area contributed by atoms with Gasteiger partial charge < -0.3 is 26.4 Å². The van der Waals surface area contributed by atoms with Crippen LogP contribution >= 0.6 is 78.3 Å². The first kappa shape index (κ1) is 45.9. The zero-order chi connectivity index (χ0) is 42.2. The van der Waals surface area contributed by atoms with E-state index in [1.807, 2.05) is 42.5 Å². The number of hydrogen-bond acceptors (Lipinski definition) is 7. The van der Waals surface area contributed by atoms with E-state index in [0.29, 0.717) is 54.2 Å². The number of nitrogens with one attached hydrogen (secondary N) is 1. The van der Waals surface area contributed by atoms with Gasteiger partial charge in [-0.05, 0) is 88.4 Å². The highest BCUT2D eigenvalue weighted by molar-refractivity contribution is 9.10. The average molecular weight is 984 g/mol. The lowest BCUT2D eigenvalue weighted by atomic mass is 10.1. The number of aromatic nitrogens is 4. The molecule has 17 heteroatoms. The summed E-state index contributed by atoms with van der Waals surface area (Å²) in [6.07, 6.45) is 3.03. The Morgan fingerprint density at radius 1 is 0.684 bits per heavy atom. The van der Waals surface area contributed by atoms with Crippen molar-refractivity contribution in [2.45, 2.75) is 38.8 Å². The monoisotopic (exact) mass is 980 g/mol. The van der Waals surface area contributed by atoms with Gasteiger partial charge in [0.05, 0.1) is 50.2 Å². The second-order valence-corrected chi connectivity index (χ2v) is 17.2. The Morgan fingerprint density at radius 3 is 1.46 bits per heavy atom. The normalized spacial score (nSPS) is 11.2. The molecule has 0 atom stereocenters. The minimum atomic E-state index is -1.12. The Hall–Kier alpha value is -3.76. The van der Waals surface area contributed by atoms with Crippen molar-refractivity contribution in [2.75, 3.05) is 13.2 Å². The minimum Gasteiger partial charge on any atom is -0.476 e. The Morgan fingerprint density at radius 2 is 1.09 bits per heavy atom.